The third-order valence-electron chi connectivity index (χ3n) is 4.35. The molecule has 0 aromatic rings. The summed E-state index contributed by atoms with van der Waals surface area (Å²) >= 11 is 0. The lowest BCUT2D eigenvalue weighted by molar-refractivity contribution is -0.138. The van der Waals surface area contributed by atoms with Crippen LogP contribution in [0.2, 0.25) is 0 Å². The molecule has 2 unspecified atom stereocenters. The minimum Gasteiger partial charge on any atom is -0.481 e. The third-order valence-corrected chi connectivity index (χ3v) is 4.35. The number of aliphatic carboxylic acids is 1. The van der Waals surface area contributed by atoms with E-state index in [1.54, 1.807) is 4.90 Å². The van der Waals surface area contributed by atoms with E-state index in [0.29, 0.717) is 12.5 Å². The summed E-state index contributed by atoms with van der Waals surface area (Å²) in [6.45, 7) is 2.95. The summed E-state index contributed by atoms with van der Waals surface area (Å²) in [5.41, 5.74) is 0. The van der Waals surface area contributed by atoms with E-state index in [-0.39, 0.29) is 25.0 Å². The van der Waals surface area contributed by atoms with Crippen molar-refractivity contribution in [3.05, 3.63) is 0 Å². The Bertz CT molecular complexity index is 361. The number of urea groups is 1. The quantitative estimate of drug-likeness (QED) is 0.807. The van der Waals surface area contributed by atoms with Gasteiger partial charge in [0.2, 0.25) is 0 Å². The molecular formula is C14H24N2O4. The van der Waals surface area contributed by atoms with E-state index in [1.807, 2.05) is 4.90 Å². The summed E-state index contributed by atoms with van der Waals surface area (Å²) in [6.07, 6.45) is 3.64. The van der Waals surface area contributed by atoms with Crippen LogP contribution in [-0.2, 0) is 4.79 Å². The first-order valence-corrected chi connectivity index (χ1v) is 7.46. The van der Waals surface area contributed by atoms with Gasteiger partial charge < -0.3 is 20.0 Å². The SMILES string of the molecule is O=C(O)CC1CCCN(C(=O)N2CCC(CCO)C2)C1. The molecule has 0 aliphatic carbocycles. The molecule has 2 aliphatic rings. The molecule has 0 bridgehead atoms. The first kappa shape index (κ1) is 15.1. The molecule has 2 amide bonds. The Morgan fingerprint density at radius 3 is 2.45 bits per heavy atom. The van der Waals surface area contributed by atoms with Crippen LogP contribution in [0.1, 0.15) is 32.1 Å². The normalized spacial score (nSPS) is 26.9. The highest BCUT2D eigenvalue weighted by Gasteiger charge is 2.32. The fourth-order valence-corrected chi connectivity index (χ4v) is 3.28. The average molecular weight is 284 g/mol. The Hall–Kier alpha value is -1.30. The lowest BCUT2D eigenvalue weighted by atomic mass is 9.95. The zero-order valence-electron chi connectivity index (χ0n) is 11.8. The molecule has 0 aromatic carbocycles. The topological polar surface area (TPSA) is 81.1 Å². The number of likely N-dealkylation sites (tertiary alicyclic amines) is 2. The monoisotopic (exact) mass is 284 g/mol. The second-order valence-corrected chi connectivity index (χ2v) is 5.95. The number of carbonyl (C=O) groups is 2. The van der Waals surface area contributed by atoms with Gasteiger partial charge in [-0.3, -0.25) is 4.79 Å². The number of carboxylic acids is 1. The smallest absolute Gasteiger partial charge is 0.320 e. The zero-order chi connectivity index (χ0) is 14.5. The van der Waals surface area contributed by atoms with Crippen LogP contribution in [0, 0.1) is 11.8 Å². The highest BCUT2D eigenvalue weighted by Crippen LogP contribution is 2.24. The van der Waals surface area contributed by atoms with Crippen LogP contribution in [0.25, 0.3) is 0 Å². The van der Waals surface area contributed by atoms with Gasteiger partial charge in [0.1, 0.15) is 0 Å². The first-order valence-electron chi connectivity index (χ1n) is 7.46. The average Bonchev–Trinajstić information content (AvgIpc) is 2.86. The molecule has 2 aliphatic heterocycles. The number of piperidine rings is 1. The maximum atomic E-state index is 12.4. The van der Waals surface area contributed by atoms with Crippen LogP contribution in [0.3, 0.4) is 0 Å². The molecule has 6 nitrogen and oxygen atoms in total. The van der Waals surface area contributed by atoms with Gasteiger partial charge in [-0.05, 0) is 37.5 Å². The van der Waals surface area contributed by atoms with Crippen molar-refractivity contribution in [2.45, 2.75) is 32.1 Å². The molecule has 0 radical (unpaired) electrons. The number of aliphatic hydroxyl groups is 1. The molecule has 0 spiro atoms. The van der Waals surface area contributed by atoms with E-state index in [0.717, 1.165) is 45.3 Å². The third kappa shape index (κ3) is 3.85. The number of hydrogen-bond donors (Lipinski definition) is 2. The van der Waals surface area contributed by atoms with Gasteiger partial charge in [-0.2, -0.15) is 0 Å². The van der Waals surface area contributed by atoms with Crippen molar-refractivity contribution in [3.63, 3.8) is 0 Å². The summed E-state index contributed by atoms with van der Waals surface area (Å²) in [6, 6.07) is 0.0422. The van der Waals surface area contributed by atoms with Crippen molar-refractivity contribution in [1.82, 2.24) is 9.80 Å². The van der Waals surface area contributed by atoms with Gasteiger partial charge in [0.05, 0.1) is 0 Å². The fourth-order valence-electron chi connectivity index (χ4n) is 3.28. The Balaban J connectivity index is 1.84. The standard InChI is InChI=1S/C14H24N2O4/c17-7-4-11-3-6-16(9-11)14(20)15-5-1-2-12(10-15)8-13(18)19/h11-12,17H,1-10H2,(H,18,19). The maximum Gasteiger partial charge on any atom is 0.320 e. The van der Waals surface area contributed by atoms with Crippen molar-refractivity contribution < 1.29 is 19.8 Å². The molecule has 20 heavy (non-hydrogen) atoms. The predicted octanol–water partition coefficient (Wildman–Crippen LogP) is 0.997. The van der Waals surface area contributed by atoms with Crippen molar-refractivity contribution in [1.29, 1.82) is 0 Å². The van der Waals surface area contributed by atoms with E-state index in [4.69, 9.17) is 10.2 Å². The molecular weight excluding hydrogens is 260 g/mol. The second-order valence-electron chi connectivity index (χ2n) is 5.95. The van der Waals surface area contributed by atoms with E-state index in [2.05, 4.69) is 0 Å². The van der Waals surface area contributed by atoms with Crippen LogP contribution < -0.4 is 0 Å². The highest BCUT2D eigenvalue weighted by atomic mass is 16.4. The lowest BCUT2D eigenvalue weighted by Crippen LogP contribution is -2.47. The van der Waals surface area contributed by atoms with Crippen LogP contribution in [0.5, 0.6) is 0 Å². The predicted molar refractivity (Wildman–Crippen MR) is 73.3 cm³/mol. The minimum absolute atomic E-state index is 0.0422. The minimum atomic E-state index is -0.784. The summed E-state index contributed by atoms with van der Waals surface area (Å²) in [5, 5.41) is 17.8. The van der Waals surface area contributed by atoms with Gasteiger partial charge >= 0.3 is 12.0 Å². The number of hydrogen-bond acceptors (Lipinski definition) is 3. The Morgan fingerprint density at radius 2 is 1.75 bits per heavy atom. The summed E-state index contributed by atoms with van der Waals surface area (Å²) < 4.78 is 0. The van der Waals surface area contributed by atoms with Gasteiger partial charge in [0, 0.05) is 39.2 Å². The van der Waals surface area contributed by atoms with Crippen LogP contribution in [0.4, 0.5) is 4.79 Å². The Morgan fingerprint density at radius 1 is 1.05 bits per heavy atom. The van der Waals surface area contributed by atoms with E-state index >= 15 is 0 Å². The number of aliphatic hydroxyl groups excluding tert-OH is 1. The van der Waals surface area contributed by atoms with E-state index < -0.39 is 5.97 Å². The molecule has 2 fully saturated rings. The van der Waals surface area contributed by atoms with Gasteiger partial charge in [0.15, 0.2) is 0 Å². The Labute approximate surface area is 119 Å². The molecule has 2 saturated heterocycles. The van der Waals surface area contributed by atoms with Crippen LogP contribution >= 0.6 is 0 Å². The summed E-state index contributed by atoms with van der Waals surface area (Å²) in [4.78, 5) is 26.9. The maximum absolute atomic E-state index is 12.4. The molecule has 0 saturated carbocycles. The van der Waals surface area contributed by atoms with Crippen molar-refractivity contribution in [2.24, 2.45) is 11.8 Å². The van der Waals surface area contributed by atoms with Crippen LogP contribution in [-0.4, -0.2) is 64.8 Å². The zero-order valence-corrected chi connectivity index (χ0v) is 11.8. The summed E-state index contributed by atoms with van der Waals surface area (Å²) in [5.74, 6) is -0.293. The number of nitrogens with zero attached hydrogens (tertiary/aromatic N) is 2. The number of carbonyl (C=O) groups excluding carboxylic acids is 1. The van der Waals surface area contributed by atoms with Crippen molar-refractivity contribution in [3.8, 4) is 0 Å². The van der Waals surface area contributed by atoms with Gasteiger partial charge in [-0.15, -0.1) is 0 Å². The van der Waals surface area contributed by atoms with E-state index in [9.17, 15) is 9.59 Å². The number of amides is 2. The largest absolute Gasteiger partial charge is 0.481 e. The van der Waals surface area contributed by atoms with Crippen molar-refractivity contribution in [2.75, 3.05) is 32.8 Å². The Kier molecular flexibility index (Phi) is 5.23. The van der Waals surface area contributed by atoms with E-state index in [1.165, 1.54) is 0 Å². The molecule has 2 heterocycles. The van der Waals surface area contributed by atoms with Crippen molar-refractivity contribution >= 4 is 12.0 Å². The van der Waals surface area contributed by atoms with Gasteiger partial charge in [-0.25, -0.2) is 4.79 Å². The summed E-state index contributed by atoms with van der Waals surface area (Å²) in [7, 11) is 0. The fraction of sp³-hybridized carbons (Fsp3) is 0.857. The first-order chi connectivity index (χ1) is 9.60. The van der Waals surface area contributed by atoms with Gasteiger partial charge in [-0.1, -0.05) is 0 Å². The van der Waals surface area contributed by atoms with Crippen LogP contribution in [0.15, 0.2) is 0 Å². The lowest BCUT2D eigenvalue weighted by Gasteiger charge is -2.34. The molecule has 2 N–H and O–H groups in total. The molecule has 2 atom stereocenters. The molecule has 2 rings (SSSR count). The number of rotatable bonds is 4. The van der Waals surface area contributed by atoms with Gasteiger partial charge in [0.25, 0.3) is 0 Å². The second kappa shape index (κ2) is 6.92. The molecule has 6 heteroatoms. The highest BCUT2D eigenvalue weighted by molar-refractivity contribution is 5.75. The molecule has 114 valence electrons. The number of carboxylic acid groups (broad SMARTS) is 1. The molecule has 0 aromatic heterocycles.